The van der Waals surface area contributed by atoms with Gasteiger partial charge in [-0.3, -0.25) is 4.98 Å². The molecule has 0 unspecified atom stereocenters. The fourth-order valence-electron chi connectivity index (χ4n) is 2.19. The Labute approximate surface area is 123 Å². The first-order chi connectivity index (χ1) is 10.3. The molecule has 0 aliphatic heterocycles. The lowest BCUT2D eigenvalue weighted by atomic mass is 10.2. The zero-order valence-corrected chi connectivity index (χ0v) is 12.2. The molecule has 0 atom stereocenters. The molecule has 0 radical (unpaired) electrons. The topological polar surface area (TPSA) is 55.1 Å². The highest BCUT2D eigenvalue weighted by Crippen LogP contribution is 2.20. The number of hydrogen-bond acceptors (Lipinski definition) is 2. The van der Waals surface area contributed by atoms with E-state index in [0.29, 0.717) is 12.1 Å². The molecular weight excluding hydrogens is 264 g/mol. The first-order valence-electron chi connectivity index (χ1n) is 6.97. The van der Waals surface area contributed by atoms with Gasteiger partial charge in [0.15, 0.2) is 0 Å². The first-order valence-corrected chi connectivity index (χ1v) is 6.97. The summed E-state index contributed by atoms with van der Waals surface area (Å²) in [5.74, 6) is -0.949. The number of aromatic nitrogens is 2. The predicted molar refractivity (Wildman–Crippen MR) is 83.6 cm³/mol. The largest absolute Gasteiger partial charge is 0.478 e. The van der Waals surface area contributed by atoms with Gasteiger partial charge in [-0.25, -0.2) is 4.79 Å². The van der Waals surface area contributed by atoms with Crippen LogP contribution < -0.4 is 0 Å². The van der Waals surface area contributed by atoms with Crippen molar-refractivity contribution in [3.05, 3.63) is 66.0 Å². The SMILES string of the molecule is CC.O=C(O)c1cn(Cc2ccccc2)c2cccnc12. The van der Waals surface area contributed by atoms with E-state index in [0.717, 1.165) is 11.1 Å². The summed E-state index contributed by atoms with van der Waals surface area (Å²) in [5, 5.41) is 9.21. The highest BCUT2D eigenvalue weighted by atomic mass is 16.4. The number of benzene rings is 1. The standard InChI is InChI=1S/C15H12N2O2.C2H6/c18-15(19)12-10-17(9-11-5-2-1-3-6-11)13-7-4-8-16-14(12)13;1-2/h1-8,10H,9H2,(H,18,19);1-2H3. The Bertz CT molecular complexity index is 733. The molecular formula is C17H18N2O2. The van der Waals surface area contributed by atoms with Crippen molar-refractivity contribution >= 4 is 17.0 Å². The molecule has 0 fully saturated rings. The summed E-state index contributed by atoms with van der Waals surface area (Å²) in [6, 6.07) is 13.6. The summed E-state index contributed by atoms with van der Waals surface area (Å²) in [7, 11) is 0. The Morgan fingerprint density at radius 1 is 1.14 bits per heavy atom. The number of carboxylic acid groups (broad SMARTS) is 1. The van der Waals surface area contributed by atoms with Gasteiger partial charge >= 0.3 is 5.97 Å². The molecule has 0 amide bonds. The number of pyridine rings is 1. The van der Waals surface area contributed by atoms with Gasteiger partial charge in [0.2, 0.25) is 0 Å². The van der Waals surface area contributed by atoms with Crippen LogP contribution in [0, 0.1) is 0 Å². The minimum Gasteiger partial charge on any atom is -0.478 e. The number of carbonyl (C=O) groups is 1. The number of carboxylic acids is 1. The highest BCUT2D eigenvalue weighted by molar-refractivity contribution is 6.01. The van der Waals surface area contributed by atoms with E-state index in [1.807, 2.05) is 60.9 Å². The number of hydrogen-bond donors (Lipinski definition) is 1. The lowest BCUT2D eigenvalue weighted by Gasteiger charge is -2.04. The highest BCUT2D eigenvalue weighted by Gasteiger charge is 2.14. The summed E-state index contributed by atoms with van der Waals surface area (Å²) in [6.45, 7) is 4.64. The van der Waals surface area contributed by atoms with Crippen LogP contribution in [0.4, 0.5) is 0 Å². The van der Waals surface area contributed by atoms with Gasteiger partial charge in [-0.2, -0.15) is 0 Å². The van der Waals surface area contributed by atoms with Crippen molar-refractivity contribution in [2.45, 2.75) is 20.4 Å². The van der Waals surface area contributed by atoms with Crippen molar-refractivity contribution < 1.29 is 9.90 Å². The molecule has 2 heterocycles. The van der Waals surface area contributed by atoms with E-state index in [9.17, 15) is 9.90 Å². The second-order valence-corrected chi connectivity index (χ2v) is 4.33. The molecule has 1 aromatic carbocycles. The van der Waals surface area contributed by atoms with Crippen LogP contribution in [-0.4, -0.2) is 20.6 Å². The molecule has 1 N–H and O–H groups in total. The van der Waals surface area contributed by atoms with E-state index in [-0.39, 0.29) is 5.56 Å². The van der Waals surface area contributed by atoms with Gasteiger partial charge in [0.1, 0.15) is 11.1 Å². The molecule has 21 heavy (non-hydrogen) atoms. The molecule has 4 heteroatoms. The van der Waals surface area contributed by atoms with E-state index >= 15 is 0 Å². The first kappa shape index (κ1) is 14.8. The summed E-state index contributed by atoms with van der Waals surface area (Å²) in [5.41, 5.74) is 2.74. The van der Waals surface area contributed by atoms with Crippen molar-refractivity contribution in [1.29, 1.82) is 0 Å². The van der Waals surface area contributed by atoms with Crippen LogP contribution >= 0.6 is 0 Å². The predicted octanol–water partition coefficient (Wildman–Crippen LogP) is 3.81. The number of nitrogens with zero attached hydrogens (tertiary/aromatic N) is 2. The maximum atomic E-state index is 11.2. The van der Waals surface area contributed by atoms with Crippen molar-refractivity contribution in [2.24, 2.45) is 0 Å². The van der Waals surface area contributed by atoms with Crippen molar-refractivity contribution in [1.82, 2.24) is 9.55 Å². The third-order valence-corrected chi connectivity index (χ3v) is 3.06. The zero-order valence-electron chi connectivity index (χ0n) is 12.2. The maximum Gasteiger partial charge on any atom is 0.339 e. The molecule has 4 nitrogen and oxygen atoms in total. The van der Waals surface area contributed by atoms with Gasteiger partial charge < -0.3 is 9.67 Å². The summed E-state index contributed by atoms with van der Waals surface area (Å²) in [6.07, 6.45) is 3.26. The molecule has 0 aliphatic rings. The van der Waals surface area contributed by atoms with E-state index in [1.54, 1.807) is 12.4 Å². The average Bonchev–Trinajstić information content (AvgIpc) is 2.90. The number of rotatable bonds is 3. The van der Waals surface area contributed by atoms with Gasteiger partial charge in [0.25, 0.3) is 0 Å². The quantitative estimate of drug-likeness (QED) is 0.794. The third kappa shape index (κ3) is 3.11. The van der Waals surface area contributed by atoms with E-state index in [4.69, 9.17) is 0 Å². The Kier molecular flexibility index (Phi) is 4.72. The van der Waals surface area contributed by atoms with Crippen LogP contribution in [0.15, 0.2) is 54.9 Å². The summed E-state index contributed by atoms with van der Waals surface area (Å²) in [4.78, 5) is 15.4. The molecule has 3 rings (SSSR count). The average molecular weight is 282 g/mol. The van der Waals surface area contributed by atoms with E-state index < -0.39 is 5.97 Å². The smallest absolute Gasteiger partial charge is 0.339 e. The van der Waals surface area contributed by atoms with Gasteiger partial charge in [-0.05, 0) is 17.7 Å². The zero-order chi connectivity index (χ0) is 15.2. The van der Waals surface area contributed by atoms with Crippen LogP contribution in [-0.2, 0) is 6.54 Å². The van der Waals surface area contributed by atoms with Gasteiger partial charge in [-0.1, -0.05) is 44.2 Å². The fraction of sp³-hybridized carbons (Fsp3) is 0.176. The van der Waals surface area contributed by atoms with Crippen LogP contribution in [0.1, 0.15) is 29.8 Å². The van der Waals surface area contributed by atoms with Gasteiger partial charge in [-0.15, -0.1) is 0 Å². The van der Waals surface area contributed by atoms with Gasteiger partial charge in [0.05, 0.1) is 5.52 Å². The molecule has 3 aromatic rings. The second-order valence-electron chi connectivity index (χ2n) is 4.33. The van der Waals surface area contributed by atoms with E-state index in [1.165, 1.54) is 0 Å². The Hall–Kier alpha value is -2.62. The number of aromatic carboxylic acids is 1. The maximum absolute atomic E-state index is 11.2. The lowest BCUT2D eigenvalue weighted by molar-refractivity contribution is 0.0698. The van der Waals surface area contributed by atoms with Crippen LogP contribution in [0.25, 0.3) is 11.0 Å². The van der Waals surface area contributed by atoms with Crippen molar-refractivity contribution in [3.8, 4) is 0 Å². The monoisotopic (exact) mass is 282 g/mol. The third-order valence-electron chi connectivity index (χ3n) is 3.06. The molecule has 0 saturated carbocycles. The Morgan fingerprint density at radius 2 is 1.86 bits per heavy atom. The van der Waals surface area contributed by atoms with Gasteiger partial charge in [0, 0.05) is 18.9 Å². The van der Waals surface area contributed by atoms with E-state index in [2.05, 4.69) is 4.98 Å². The minimum absolute atomic E-state index is 0.242. The minimum atomic E-state index is -0.949. The normalized spacial score (nSPS) is 10.0. The molecule has 2 aromatic heterocycles. The molecule has 0 aliphatic carbocycles. The Balaban J connectivity index is 0.000000774. The molecule has 108 valence electrons. The van der Waals surface area contributed by atoms with Crippen LogP contribution in [0.2, 0.25) is 0 Å². The van der Waals surface area contributed by atoms with Crippen LogP contribution in [0.5, 0.6) is 0 Å². The molecule has 0 saturated heterocycles. The summed E-state index contributed by atoms with van der Waals surface area (Å²) < 4.78 is 1.92. The van der Waals surface area contributed by atoms with Crippen LogP contribution in [0.3, 0.4) is 0 Å². The molecule has 0 spiro atoms. The van der Waals surface area contributed by atoms with Crippen molar-refractivity contribution in [3.63, 3.8) is 0 Å². The van der Waals surface area contributed by atoms with Crippen molar-refractivity contribution in [2.75, 3.05) is 0 Å². The molecule has 0 bridgehead atoms. The summed E-state index contributed by atoms with van der Waals surface area (Å²) >= 11 is 0. The fourth-order valence-corrected chi connectivity index (χ4v) is 2.19. The Morgan fingerprint density at radius 3 is 2.52 bits per heavy atom. The second kappa shape index (κ2) is 6.70. The number of fused-ring (bicyclic) bond motifs is 1. The lowest BCUT2D eigenvalue weighted by Crippen LogP contribution is -1.98.